The Morgan fingerprint density at radius 1 is 1.47 bits per heavy atom. The summed E-state index contributed by atoms with van der Waals surface area (Å²) >= 11 is 1.73. The van der Waals surface area contributed by atoms with Gasteiger partial charge in [-0.3, -0.25) is 0 Å². The van der Waals surface area contributed by atoms with Gasteiger partial charge in [-0.05, 0) is 24.6 Å². The minimum Gasteiger partial charge on any atom is -0.365 e. The molecule has 0 spiro atoms. The zero-order valence-corrected chi connectivity index (χ0v) is 9.25. The number of thiazole rings is 1. The molecule has 1 aliphatic rings. The molecule has 3 heteroatoms. The third-order valence-electron chi connectivity index (χ3n) is 2.53. The predicted octanol–water partition coefficient (Wildman–Crippen LogP) is 3.23. The molecule has 2 nitrogen and oxygen atoms in total. The smallest absolute Gasteiger partial charge is 0.101 e. The van der Waals surface area contributed by atoms with Gasteiger partial charge in [-0.1, -0.05) is 18.2 Å². The number of ether oxygens (including phenoxy) is 1. The number of rotatable bonds is 1. The molecular weight excluding hydrogens is 206 g/mol. The van der Waals surface area contributed by atoms with E-state index in [9.17, 15) is 0 Å². The van der Waals surface area contributed by atoms with E-state index in [0.29, 0.717) is 0 Å². The van der Waals surface area contributed by atoms with Gasteiger partial charge in [0.25, 0.3) is 0 Å². The number of benzene rings is 1. The summed E-state index contributed by atoms with van der Waals surface area (Å²) in [5.41, 5.74) is 2.28. The summed E-state index contributed by atoms with van der Waals surface area (Å²) in [7, 11) is 0. The SMILES string of the molecule is Cc1nc2cc([C@@H]3C=CCO3)ccc2s1. The topological polar surface area (TPSA) is 22.1 Å². The molecule has 0 amide bonds. The summed E-state index contributed by atoms with van der Waals surface area (Å²) < 4.78 is 6.81. The van der Waals surface area contributed by atoms with Crippen LogP contribution in [0.2, 0.25) is 0 Å². The first kappa shape index (κ1) is 9.07. The fraction of sp³-hybridized carbons (Fsp3) is 0.250. The summed E-state index contributed by atoms with van der Waals surface area (Å²) in [6.07, 6.45) is 4.28. The van der Waals surface area contributed by atoms with Crippen molar-refractivity contribution in [2.45, 2.75) is 13.0 Å². The van der Waals surface area contributed by atoms with Crippen LogP contribution in [0.25, 0.3) is 10.2 Å². The maximum Gasteiger partial charge on any atom is 0.101 e. The Labute approximate surface area is 92.2 Å². The summed E-state index contributed by atoms with van der Waals surface area (Å²) in [5.74, 6) is 0. The Hall–Kier alpha value is -1.19. The van der Waals surface area contributed by atoms with E-state index < -0.39 is 0 Å². The van der Waals surface area contributed by atoms with Crippen LogP contribution in [-0.2, 0) is 4.74 Å². The Bertz CT molecular complexity index is 529. The minimum atomic E-state index is 0.122. The molecule has 0 saturated heterocycles. The van der Waals surface area contributed by atoms with Crippen molar-refractivity contribution < 1.29 is 4.74 Å². The quantitative estimate of drug-likeness (QED) is 0.684. The molecule has 1 atom stereocenters. The van der Waals surface area contributed by atoms with Crippen molar-refractivity contribution in [2.75, 3.05) is 6.61 Å². The molecule has 1 aromatic carbocycles. The number of hydrogen-bond donors (Lipinski definition) is 0. The molecule has 15 heavy (non-hydrogen) atoms. The van der Waals surface area contributed by atoms with Crippen LogP contribution < -0.4 is 0 Å². The number of fused-ring (bicyclic) bond motifs is 1. The number of hydrogen-bond acceptors (Lipinski definition) is 3. The second-order valence-corrected chi connectivity index (χ2v) is 4.88. The van der Waals surface area contributed by atoms with Crippen molar-refractivity contribution in [2.24, 2.45) is 0 Å². The van der Waals surface area contributed by atoms with Crippen molar-refractivity contribution in [1.29, 1.82) is 0 Å². The van der Waals surface area contributed by atoms with Gasteiger partial charge in [0.1, 0.15) is 6.10 Å². The minimum absolute atomic E-state index is 0.122. The summed E-state index contributed by atoms with van der Waals surface area (Å²) in [6.45, 7) is 2.76. The van der Waals surface area contributed by atoms with Gasteiger partial charge in [0.15, 0.2) is 0 Å². The monoisotopic (exact) mass is 217 g/mol. The number of aromatic nitrogens is 1. The lowest BCUT2D eigenvalue weighted by atomic mass is 10.1. The maximum atomic E-state index is 5.56. The first-order valence-corrected chi connectivity index (χ1v) is 5.80. The van der Waals surface area contributed by atoms with E-state index in [1.807, 2.05) is 6.92 Å². The van der Waals surface area contributed by atoms with Crippen molar-refractivity contribution in [3.63, 3.8) is 0 Å². The van der Waals surface area contributed by atoms with Crippen molar-refractivity contribution in [3.8, 4) is 0 Å². The first-order valence-electron chi connectivity index (χ1n) is 4.98. The number of nitrogens with zero attached hydrogens (tertiary/aromatic N) is 1. The normalized spacial score (nSPS) is 20.2. The molecule has 0 radical (unpaired) electrons. The summed E-state index contributed by atoms with van der Waals surface area (Å²) in [5, 5.41) is 1.12. The van der Waals surface area contributed by atoms with Crippen LogP contribution in [0, 0.1) is 6.92 Å². The van der Waals surface area contributed by atoms with Crippen LogP contribution in [0.4, 0.5) is 0 Å². The van der Waals surface area contributed by atoms with E-state index in [1.165, 1.54) is 10.3 Å². The standard InChI is InChI=1S/C12H11NOS/c1-8-13-10-7-9(4-5-12(10)15-8)11-3-2-6-14-11/h2-5,7,11H,6H2,1H3/t11-/m0/s1. The third-order valence-corrected chi connectivity index (χ3v) is 3.48. The molecule has 0 N–H and O–H groups in total. The molecule has 1 aliphatic heterocycles. The highest BCUT2D eigenvalue weighted by Gasteiger charge is 2.13. The van der Waals surface area contributed by atoms with Crippen LogP contribution >= 0.6 is 11.3 Å². The van der Waals surface area contributed by atoms with Crippen LogP contribution in [0.3, 0.4) is 0 Å². The molecule has 2 aromatic rings. The van der Waals surface area contributed by atoms with Gasteiger partial charge in [0.05, 0.1) is 21.8 Å². The average molecular weight is 217 g/mol. The Balaban J connectivity index is 2.08. The third kappa shape index (κ3) is 1.58. The first-order chi connectivity index (χ1) is 7.33. The van der Waals surface area contributed by atoms with Gasteiger partial charge < -0.3 is 4.74 Å². The molecule has 2 heterocycles. The fourth-order valence-corrected chi connectivity index (χ4v) is 2.65. The van der Waals surface area contributed by atoms with E-state index in [1.54, 1.807) is 11.3 Å². The van der Waals surface area contributed by atoms with Crippen molar-refractivity contribution in [3.05, 3.63) is 40.9 Å². The molecule has 3 rings (SSSR count). The second-order valence-electron chi connectivity index (χ2n) is 3.64. The van der Waals surface area contributed by atoms with Crippen LogP contribution in [0.1, 0.15) is 16.7 Å². The molecule has 1 aromatic heterocycles. The van der Waals surface area contributed by atoms with Crippen LogP contribution in [0.15, 0.2) is 30.4 Å². The van der Waals surface area contributed by atoms with E-state index in [2.05, 4.69) is 35.3 Å². The lowest BCUT2D eigenvalue weighted by molar-refractivity contribution is 0.129. The van der Waals surface area contributed by atoms with Crippen LogP contribution in [-0.4, -0.2) is 11.6 Å². The van der Waals surface area contributed by atoms with Gasteiger partial charge >= 0.3 is 0 Å². The Kier molecular flexibility index (Phi) is 2.08. The summed E-state index contributed by atoms with van der Waals surface area (Å²) in [6, 6.07) is 6.38. The largest absolute Gasteiger partial charge is 0.365 e. The maximum absolute atomic E-state index is 5.56. The van der Waals surface area contributed by atoms with Gasteiger partial charge in [-0.25, -0.2) is 4.98 Å². The Morgan fingerprint density at radius 2 is 2.40 bits per heavy atom. The molecule has 0 saturated carbocycles. The Morgan fingerprint density at radius 3 is 3.20 bits per heavy atom. The molecular formula is C12H11NOS. The molecule has 0 unspecified atom stereocenters. The molecule has 0 aliphatic carbocycles. The van der Waals surface area contributed by atoms with Crippen LogP contribution in [0.5, 0.6) is 0 Å². The highest BCUT2D eigenvalue weighted by Crippen LogP contribution is 2.28. The van der Waals surface area contributed by atoms with Crippen molar-refractivity contribution in [1.82, 2.24) is 4.98 Å². The summed E-state index contributed by atoms with van der Waals surface area (Å²) in [4.78, 5) is 4.48. The molecule has 0 fully saturated rings. The van der Waals surface area contributed by atoms with E-state index in [4.69, 9.17) is 4.74 Å². The zero-order valence-electron chi connectivity index (χ0n) is 8.43. The highest BCUT2D eigenvalue weighted by atomic mass is 32.1. The molecule has 76 valence electrons. The zero-order chi connectivity index (χ0) is 10.3. The predicted molar refractivity (Wildman–Crippen MR) is 62.2 cm³/mol. The lowest BCUT2D eigenvalue weighted by Crippen LogP contribution is -1.94. The van der Waals surface area contributed by atoms with Crippen molar-refractivity contribution >= 4 is 21.6 Å². The van der Waals surface area contributed by atoms with E-state index >= 15 is 0 Å². The molecule has 0 bridgehead atoms. The lowest BCUT2D eigenvalue weighted by Gasteiger charge is -2.07. The van der Waals surface area contributed by atoms with Gasteiger partial charge in [0, 0.05) is 0 Å². The number of aryl methyl sites for hydroxylation is 1. The highest BCUT2D eigenvalue weighted by molar-refractivity contribution is 7.18. The van der Waals surface area contributed by atoms with Gasteiger partial charge in [0.2, 0.25) is 0 Å². The van der Waals surface area contributed by atoms with Gasteiger partial charge in [-0.15, -0.1) is 11.3 Å². The van der Waals surface area contributed by atoms with Gasteiger partial charge in [-0.2, -0.15) is 0 Å². The second kappa shape index (κ2) is 3.43. The average Bonchev–Trinajstić information content (AvgIpc) is 2.82. The fourth-order valence-electron chi connectivity index (χ4n) is 1.84. The van der Waals surface area contributed by atoms with E-state index in [0.717, 1.165) is 17.1 Å². The van der Waals surface area contributed by atoms with E-state index in [-0.39, 0.29) is 6.10 Å².